The van der Waals surface area contributed by atoms with Crippen LogP contribution in [-0.2, 0) is 16.4 Å². The molecule has 1 aliphatic heterocycles. The second kappa shape index (κ2) is 7.88. The van der Waals surface area contributed by atoms with Gasteiger partial charge in [0.1, 0.15) is 0 Å². The third-order valence-corrected chi connectivity index (χ3v) is 6.07. The highest BCUT2D eigenvalue weighted by molar-refractivity contribution is 7.91. The Morgan fingerprint density at radius 3 is 2.21 bits per heavy atom. The first kappa shape index (κ1) is 17.1. The maximum Gasteiger partial charge on any atom is 0.179 e. The molecule has 0 aliphatic carbocycles. The lowest BCUT2D eigenvalue weighted by molar-refractivity contribution is 0.131. The smallest absolute Gasteiger partial charge is 0.179 e. The number of benzene rings is 1. The van der Waals surface area contributed by atoms with Crippen LogP contribution in [0, 0.1) is 0 Å². The number of sulfone groups is 1. The highest BCUT2D eigenvalue weighted by atomic mass is 32.2. The van der Waals surface area contributed by atoms with Gasteiger partial charge in [0.2, 0.25) is 0 Å². The molecular weight excluding hydrogens is 322 g/mol. The summed E-state index contributed by atoms with van der Waals surface area (Å²) in [6.45, 7) is 5.14. The lowest BCUT2D eigenvalue weighted by Crippen LogP contribution is -2.47. The summed E-state index contributed by atoms with van der Waals surface area (Å²) in [5.41, 5.74) is 1.08. The van der Waals surface area contributed by atoms with E-state index in [4.69, 9.17) is 0 Å². The highest BCUT2D eigenvalue weighted by Crippen LogP contribution is 2.12. The van der Waals surface area contributed by atoms with Crippen LogP contribution in [0.3, 0.4) is 0 Å². The Morgan fingerprint density at radius 1 is 0.875 bits per heavy atom. The topological polar surface area (TPSA) is 53.5 Å². The Hall–Kier alpha value is -1.76. The zero-order chi connectivity index (χ0) is 16.8. The van der Waals surface area contributed by atoms with Gasteiger partial charge in [-0.3, -0.25) is 14.8 Å². The van der Waals surface area contributed by atoms with Crippen LogP contribution in [0.25, 0.3) is 0 Å². The zero-order valence-corrected chi connectivity index (χ0v) is 14.5. The van der Waals surface area contributed by atoms with Crippen molar-refractivity contribution in [2.24, 2.45) is 0 Å². The van der Waals surface area contributed by atoms with Crippen LogP contribution in [0.15, 0.2) is 59.6 Å². The first-order chi connectivity index (χ1) is 11.6. The SMILES string of the molecule is O=S(=O)(CCN1CCN(Cc2ccccn2)CC1)c1ccccc1. The average molecular weight is 345 g/mol. The molecule has 1 saturated heterocycles. The van der Waals surface area contributed by atoms with Gasteiger partial charge in [-0.1, -0.05) is 24.3 Å². The number of nitrogens with zero attached hydrogens (tertiary/aromatic N) is 3. The third kappa shape index (κ3) is 4.63. The van der Waals surface area contributed by atoms with Crippen molar-refractivity contribution in [3.05, 3.63) is 60.4 Å². The Morgan fingerprint density at radius 2 is 1.54 bits per heavy atom. The van der Waals surface area contributed by atoms with Crippen molar-refractivity contribution in [3.8, 4) is 0 Å². The molecule has 3 rings (SSSR count). The lowest BCUT2D eigenvalue weighted by Gasteiger charge is -2.34. The molecule has 1 aromatic heterocycles. The molecule has 2 aromatic rings. The minimum Gasteiger partial charge on any atom is -0.300 e. The van der Waals surface area contributed by atoms with Crippen LogP contribution >= 0.6 is 0 Å². The Balaban J connectivity index is 1.46. The van der Waals surface area contributed by atoms with Crippen molar-refractivity contribution in [1.29, 1.82) is 0 Å². The first-order valence-corrected chi connectivity index (χ1v) is 9.91. The van der Waals surface area contributed by atoms with Crippen molar-refractivity contribution in [2.45, 2.75) is 11.4 Å². The van der Waals surface area contributed by atoms with Gasteiger partial charge >= 0.3 is 0 Å². The molecule has 0 saturated carbocycles. The predicted molar refractivity (Wildman–Crippen MR) is 94.4 cm³/mol. The molecule has 0 N–H and O–H groups in total. The number of rotatable bonds is 6. The van der Waals surface area contributed by atoms with Crippen LogP contribution in [0.4, 0.5) is 0 Å². The molecule has 1 fully saturated rings. The molecule has 5 nitrogen and oxygen atoms in total. The van der Waals surface area contributed by atoms with E-state index in [1.807, 2.05) is 30.5 Å². The van der Waals surface area contributed by atoms with Crippen LogP contribution in [0.1, 0.15) is 5.69 Å². The molecule has 0 radical (unpaired) electrons. The Bertz CT molecular complexity index is 727. The van der Waals surface area contributed by atoms with Crippen molar-refractivity contribution >= 4 is 9.84 Å². The molecule has 0 spiro atoms. The van der Waals surface area contributed by atoms with Gasteiger partial charge in [-0.15, -0.1) is 0 Å². The number of pyridine rings is 1. The average Bonchev–Trinajstić information content (AvgIpc) is 2.63. The van der Waals surface area contributed by atoms with Gasteiger partial charge in [0.15, 0.2) is 9.84 Å². The third-order valence-electron chi connectivity index (χ3n) is 4.36. The van der Waals surface area contributed by atoms with E-state index in [0.717, 1.165) is 38.4 Å². The molecule has 24 heavy (non-hydrogen) atoms. The van der Waals surface area contributed by atoms with E-state index in [0.29, 0.717) is 11.4 Å². The fraction of sp³-hybridized carbons (Fsp3) is 0.389. The van der Waals surface area contributed by atoms with Gasteiger partial charge < -0.3 is 0 Å². The van der Waals surface area contributed by atoms with Crippen molar-refractivity contribution in [3.63, 3.8) is 0 Å². The quantitative estimate of drug-likeness (QED) is 0.797. The molecule has 0 unspecified atom stereocenters. The largest absolute Gasteiger partial charge is 0.300 e. The van der Waals surface area contributed by atoms with E-state index in [9.17, 15) is 8.42 Å². The fourth-order valence-electron chi connectivity index (χ4n) is 2.89. The van der Waals surface area contributed by atoms with Crippen molar-refractivity contribution in [1.82, 2.24) is 14.8 Å². The Labute approximate surface area is 143 Å². The molecule has 0 atom stereocenters. The summed E-state index contributed by atoms with van der Waals surface area (Å²) < 4.78 is 24.7. The minimum atomic E-state index is -3.19. The summed E-state index contributed by atoms with van der Waals surface area (Å²) in [7, 11) is -3.19. The molecule has 0 amide bonds. The van der Waals surface area contributed by atoms with E-state index in [2.05, 4.69) is 14.8 Å². The minimum absolute atomic E-state index is 0.178. The van der Waals surface area contributed by atoms with Gasteiger partial charge in [-0.2, -0.15) is 0 Å². The summed E-state index contributed by atoms with van der Waals surface area (Å²) >= 11 is 0. The first-order valence-electron chi connectivity index (χ1n) is 8.26. The predicted octanol–water partition coefficient (Wildman–Crippen LogP) is 1.67. The molecular formula is C18H23N3O2S. The van der Waals surface area contributed by atoms with Gasteiger partial charge in [0.25, 0.3) is 0 Å². The van der Waals surface area contributed by atoms with Gasteiger partial charge in [0.05, 0.1) is 16.3 Å². The molecule has 2 heterocycles. The maximum absolute atomic E-state index is 12.3. The fourth-order valence-corrected chi connectivity index (χ4v) is 4.19. The zero-order valence-electron chi connectivity index (χ0n) is 13.7. The Kier molecular flexibility index (Phi) is 5.60. The van der Waals surface area contributed by atoms with Gasteiger partial charge in [-0.25, -0.2) is 8.42 Å². The van der Waals surface area contributed by atoms with Crippen molar-refractivity contribution < 1.29 is 8.42 Å². The van der Waals surface area contributed by atoms with Crippen LogP contribution in [0.5, 0.6) is 0 Å². The van der Waals surface area contributed by atoms with E-state index in [1.165, 1.54) is 0 Å². The summed E-state index contributed by atoms with van der Waals surface area (Å²) in [4.78, 5) is 9.37. The number of aromatic nitrogens is 1. The van der Waals surface area contributed by atoms with Gasteiger partial charge in [-0.05, 0) is 24.3 Å². The van der Waals surface area contributed by atoms with Crippen LogP contribution in [0.2, 0.25) is 0 Å². The second-order valence-corrected chi connectivity index (χ2v) is 8.18. The molecule has 1 aromatic carbocycles. The summed E-state index contributed by atoms with van der Waals surface area (Å²) in [6.07, 6.45) is 1.82. The standard InChI is InChI=1S/C18H23N3O2S/c22-24(23,18-7-2-1-3-8-18)15-14-20-10-12-21(13-11-20)16-17-6-4-5-9-19-17/h1-9H,10-16H2. The number of hydrogen-bond donors (Lipinski definition) is 0. The summed E-state index contributed by atoms with van der Waals surface area (Å²) in [5.74, 6) is 0.178. The number of hydrogen-bond acceptors (Lipinski definition) is 5. The van der Waals surface area contributed by atoms with Gasteiger partial charge in [0, 0.05) is 45.5 Å². The normalized spacial score (nSPS) is 17.0. The van der Waals surface area contributed by atoms with Crippen molar-refractivity contribution in [2.75, 3.05) is 38.5 Å². The summed E-state index contributed by atoms with van der Waals surface area (Å²) in [6, 6.07) is 14.7. The maximum atomic E-state index is 12.3. The van der Waals surface area contributed by atoms with Crippen LogP contribution in [-0.4, -0.2) is 61.7 Å². The monoisotopic (exact) mass is 345 g/mol. The van der Waals surface area contributed by atoms with Crippen LogP contribution < -0.4 is 0 Å². The molecule has 1 aliphatic rings. The number of piperazine rings is 1. The second-order valence-electron chi connectivity index (χ2n) is 6.07. The van der Waals surface area contributed by atoms with E-state index < -0.39 is 9.84 Å². The highest BCUT2D eigenvalue weighted by Gasteiger charge is 2.20. The van der Waals surface area contributed by atoms with E-state index in [-0.39, 0.29) is 5.75 Å². The lowest BCUT2D eigenvalue weighted by atomic mass is 10.2. The molecule has 128 valence electrons. The molecule has 6 heteroatoms. The summed E-state index contributed by atoms with van der Waals surface area (Å²) in [5, 5.41) is 0. The van der Waals surface area contributed by atoms with E-state index in [1.54, 1.807) is 24.3 Å². The van der Waals surface area contributed by atoms with E-state index >= 15 is 0 Å². The molecule has 0 bridgehead atoms.